The van der Waals surface area contributed by atoms with Crippen LogP contribution in [0.5, 0.6) is 5.75 Å². The predicted molar refractivity (Wildman–Crippen MR) is 164 cm³/mol. The number of carbonyl (C=O) groups is 2. The molecule has 1 heterocycles. The first-order chi connectivity index (χ1) is 20.7. The highest BCUT2D eigenvalue weighted by molar-refractivity contribution is 7.14. The number of ether oxygens (including phenoxy) is 2. The standard InChI is InChI=1S/C33H38F2N2O5S/c1-4-5-9-15-42-29(21-11-7-6-8-12-21)24-14-10-13-23(30(24)41-3)28-19-43-33(36-28)37-31(38)22-17-26(34)25(27(35)18-22)16-20(2)32(39)40/h10,13-14,16-19,21,29H,4-9,11-12,15H2,1-3H3,(H,39,40)(H,36,37,38)/b20-16+. The summed E-state index contributed by atoms with van der Waals surface area (Å²) in [6.45, 7) is 4.08. The lowest BCUT2D eigenvalue weighted by molar-refractivity contribution is -0.132. The molecule has 1 unspecified atom stereocenters. The molecule has 1 amide bonds. The molecule has 10 heteroatoms. The van der Waals surface area contributed by atoms with Crippen LogP contribution in [0.3, 0.4) is 0 Å². The van der Waals surface area contributed by atoms with Crippen LogP contribution in [0.4, 0.5) is 13.9 Å². The van der Waals surface area contributed by atoms with Crippen molar-refractivity contribution in [2.45, 2.75) is 71.3 Å². The molecular weight excluding hydrogens is 574 g/mol. The van der Waals surface area contributed by atoms with E-state index < -0.39 is 29.1 Å². The van der Waals surface area contributed by atoms with Crippen molar-refractivity contribution in [1.29, 1.82) is 0 Å². The Morgan fingerprint density at radius 1 is 1.16 bits per heavy atom. The van der Waals surface area contributed by atoms with Gasteiger partial charge in [0.1, 0.15) is 17.4 Å². The van der Waals surface area contributed by atoms with Crippen LogP contribution in [0, 0.1) is 17.6 Å². The minimum Gasteiger partial charge on any atom is -0.496 e. The number of halogens is 2. The molecule has 0 saturated heterocycles. The van der Waals surface area contributed by atoms with Crippen molar-refractivity contribution in [3.63, 3.8) is 0 Å². The van der Waals surface area contributed by atoms with Crippen LogP contribution < -0.4 is 10.1 Å². The molecule has 1 fully saturated rings. The van der Waals surface area contributed by atoms with E-state index in [1.165, 1.54) is 37.5 Å². The lowest BCUT2D eigenvalue weighted by Gasteiger charge is -2.32. The van der Waals surface area contributed by atoms with Gasteiger partial charge in [-0.25, -0.2) is 18.6 Å². The van der Waals surface area contributed by atoms with E-state index in [4.69, 9.17) is 14.6 Å². The third-order valence-corrected chi connectivity index (χ3v) is 8.48. The number of benzene rings is 2. The fourth-order valence-electron chi connectivity index (χ4n) is 5.44. The maximum absolute atomic E-state index is 14.6. The van der Waals surface area contributed by atoms with E-state index in [2.05, 4.69) is 23.3 Å². The van der Waals surface area contributed by atoms with Crippen molar-refractivity contribution in [1.82, 2.24) is 4.98 Å². The Labute approximate surface area is 255 Å². The summed E-state index contributed by atoms with van der Waals surface area (Å²) in [5.41, 5.74) is 1.32. The molecule has 0 radical (unpaired) electrons. The molecular formula is C33H38F2N2O5S. The lowest BCUT2D eigenvalue weighted by Crippen LogP contribution is -2.20. The molecule has 0 spiro atoms. The first-order valence-electron chi connectivity index (χ1n) is 14.7. The van der Waals surface area contributed by atoms with Crippen molar-refractivity contribution in [3.8, 4) is 17.0 Å². The number of carboxylic acid groups (broad SMARTS) is 1. The third-order valence-electron chi connectivity index (χ3n) is 7.72. The van der Waals surface area contributed by atoms with Crippen LogP contribution >= 0.6 is 11.3 Å². The fourth-order valence-corrected chi connectivity index (χ4v) is 6.15. The zero-order valence-electron chi connectivity index (χ0n) is 24.8. The number of rotatable bonds is 13. The predicted octanol–water partition coefficient (Wildman–Crippen LogP) is 8.67. The number of amides is 1. The van der Waals surface area contributed by atoms with Gasteiger partial charge in [0.2, 0.25) is 0 Å². The number of aromatic nitrogens is 1. The topological polar surface area (TPSA) is 97.8 Å². The minimum absolute atomic E-state index is 0.0910. The van der Waals surface area contributed by atoms with Gasteiger partial charge in [0.15, 0.2) is 5.13 Å². The highest BCUT2D eigenvalue weighted by Gasteiger charge is 2.29. The smallest absolute Gasteiger partial charge is 0.331 e. The normalized spacial score (nSPS) is 14.9. The van der Waals surface area contributed by atoms with E-state index in [-0.39, 0.29) is 22.4 Å². The molecule has 1 atom stereocenters. The van der Waals surface area contributed by atoms with Gasteiger partial charge in [-0.05, 0) is 56.4 Å². The second-order valence-electron chi connectivity index (χ2n) is 10.8. The van der Waals surface area contributed by atoms with Gasteiger partial charge in [-0.15, -0.1) is 11.3 Å². The lowest BCUT2D eigenvalue weighted by atomic mass is 9.82. The summed E-state index contributed by atoms with van der Waals surface area (Å²) in [4.78, 5) is 28.5. The van der Waals surface area contributed by atoms with Crippen molar-refractivity contribution in [3.05, 3.63) is 69.6 Å². The van der Waals surface area contributed by atoms with Crippen LogP contribution in [-0.4, -0.2) is 35.7 Å². The van der Waals surface area contributed by atoms with Gasteiger partial charge in [0.25, 0.3) is 5.91 Å². The van der Waals surface area contributed by atoms with E-state index in [9.17, 15) is 18.4 Å². The average Bonchev–Trinajstić information content (AvgIpc) is 3.47. The molecule has 0 bridgehead atoms. The number of hydrogen-bond acceptors (Lipinski definition) is 6. The Morgan fingerprint density at radius 2 is 1.88 bits per heavy atom. The second kappa shape index (κ2) is 15.2. The van der Waals surface area contributed by atoms with Crippen LogP contribution in [0.2, 0.25) is 0 Å². The Kier molecular flexibility index (Phi) is 11.4. The number of thiazole rings is 1. The van der Waals surface area contributed by atoms with Crippen molar-refractivity contribution < 1.29 is 33.0 Å². The Hall–Kier alpha value is -3.63. The molecule has 1 aliphatic carbocycles. The molecule has 43 heavy (non-hydrogen) atoms. The summed E-state index contributed by atoms with van der Waals surface area (Å²) in [6, 6.07) is 7.66. The number of methoxy groups -OCH3 is 1. The maximum Gasteiger partial charge on any atom is 0.331 e. The van der Waals surface area contributed by atoms with E-state index >= 15 is 0 Å². The van der Waals surface area contributed by atoms with E-state index in [0.29, 0.717) is 24.0 Å². The van der Waals surface area contributed by atoms with E-state index in [0.717, 1.165) is 61.4 Å². The van der Waals surface area contributed by atoms with Crippen molar-refractivity contribution in [2.75, 3.05) is 19.0 Å². The number of carbonyl (C=O) groups excluding carboxylic acids is 1. The number of carboxylic acids is 1. The number of para-hydroxylation sites is 1. The summed E-state index contributed by atoms with van der Waals surface area (Å²) < 4.78 is 41.7. The molecule has 0 aliphatic heterocycles. The highest BCUT2D eigenvalue weighted by Crippen LogP contribution is 2.44. The largest absolute Gasteiger partial charge is 0.496 e. The third kappa shape index (κ3) is 8.06. The number of anilines is 1. The summed E-state index contributed by atoms with van der Waals surface area (Å²) in [6.07, 6.45) is 9.88. The monoisotopic (exact) mass is 612 g/mol. The highest BCUT2D eigenvalue weighted by atomic mass is 32.1. The van der Waals surface area contributed by atoms with Crippen molar-refractivity contribution in [2.24, 2.45) is 5.92 Å². The average molecular weight is 613 g/mol. The minimum atomic E-state index is -1.30. The number of unbranched alkanes of at least 4 members (excludes halogenated alkanes) is 2. The first kappa shape index (κ1) is 32.3. The van der Waals surface area contributed by atoms with Crippen LogP contribution in [0.25, 0.3) is 17.3 Å². The summed E-state index contributed by atoms with van der Waals surface area (Å²) >= 11 is 1.18. The number of nitrogens with zero attached hydrogens (tertiary/aromatic N) is 1. The molecule has 4 rings (SSSR count). The SMILES string of the molecule is CCCCCOC(c1cccc(-c2csc(NC(=O)c3cc(F)c(/C=C(\C)C(=O)O)c(F)c3)n2)c1OC)C1CCCCC1. The molecule has 2 N–H and O–H groups in total. The quantitative estimate of drug-likeness (QED) is 0.148. The first-order valence-corrected chi connectivity index (χ1v) is 15.6. The molecule has 230 valence electrons. The van der Waals surface area contributed by atoms with Gasteiger partial charge in [-0.3, -0.25) is 10.1 Å². The summed E-state index contributed by atoms with van der Waals surface area (Å²) in [7, 11) is 1.63. The van der Waals surface area contributed by atoms with Gasteiger partial charge in [-0.1, -0.05) is 51.2 Å². The van der Waals surface area contributed by atoms with Crippen LogP contribution in [-0.2, 0) is 9.53 Å². The molecule has 1 aromatic heterocycles. The summed E-state index contributed by atoms with van der Waals surface area (Å²) in [5.74, 6) is -3.05. The van der Waals surface area contributed by atoms with Gasteiger partial charge in [0.05, 0.1) is 18.9 Å². The maximum atomic E-state index is 14.6. The number of aliphatic carboxylic acids is 1. The number of hydrogen-bond donors (Lipinski definition) is 2. The van der Waals surface area contributed by atoms with Crippen LogP contribution in [0.15, 0.2) is 41.3 Å². The number of nitrogens with one attached hydrogen (secondary N) is 1. The Balaban J connectivity index is 1.57. The molecule has 2 aromatic carbocycles. The zero-order chi connectivity index (χ0) is 30.9. The Morgan fingerprint density at radius 3 is 2.53 bits per heavy atom. The Bertz CT molecular complexity index is 1440. The molecule has 1 aliphatic rings. The van der Waals surface area contributed by atoms with E-state index in [1.54, 1.807) is 12.5 Å². The van der Waals surface area contributed by atoms with Gasteiger partial charge in [-0.2, -0.15) is 0 Å². The second-order valence-corrected chi connectivity index (χ2v) is 11.7. The van der Waals surface area contributed by atoms with E-state index in [1.807, 2.05) is 12.1 Å². The van der Waals surface area contributed by atoms with Gasteiger partial charge in [0, 0.05) is 39.8 Å². The van der Waals surface area contributed by atoms with Gasteiger partial charge >= 0.3 is 5.97 Å². The molecule has 1 saturated carbocycles. The van der Waals surface area contributed by atoms with Gasteiger partial charge < -0.3 is 14.6 Å². The zero-order valence-corrected chi connectivity index (χ0v) is 25.6. The molecule has 7 nitrogen and oxygen atoms in total. The van der Waals surface area contributed by atoms with Crippen molar-refractivity contribution >= 4 is 34.4 Å². The summed E-state index contributed by atoms with van der Waals surface area (Å²) in [5, 5.41) is 13.7. The van der Waals surface area contributed by atoms with Crippen LogP contribution in [0.1, 0.15) is 92.8 Å². The fraction of sp³-hybridized carbons (Fsp3) is 0.424. The molecule has 3 aromatic rings.